The molecule has 1 radical (unpaired) electrons. The van der Waals surface area contributed by atoms with Gasteiger partial charge in [0, 0.05) is 24.7 Å². The number of nitrogens with one attached hydrogen (secondary N) is 1. The zero-order valence-corrected chi connectivity index (χ0v) is 10.2. The predicted molar refractivity (Wildman–Crippen MR) is 62.7 cm³/mol. The first-order valence-electron chi connectivity index (χ1n) is 5.77. The quantitative estimate of drug-likeness (QED) is 0.777. The number of imidazole rings is 1. The molecule has 1 aromatic heterocycles. The van der Waals surface area contributed by atoms with Gasteiger partial charge in [-0.15, -0.1) is 0 Å². The summed E-state index contributed by atoms with van der Waals surface area (Å²) in [7, 11) is 0. The molecule has 0 aliphatic heterocycles. The van der Waals surface area contributed by atoms with Crippen molar-refractivity contribution in [1.29, 1.82) is 0 Å². The van der Waals surface area contributed by atoms with Gasteiger partial charge in [0.25, 0.3) is 0 Å². The Morgan fingerprint density at radius 3 is 2.47 bits per heavy atom. The molecule has 0 atom stereocenters. The molecule has 0 bridgehead atoms. The van der Waals surface area contributed by atoms with Crippen LogP contribution in [0.2, 0.25) is 0 Å². The SMILES string of the molecule is CC(C)N(CCCc1n[c]c[nH]1)C(C)C. The van der Waals surface area contributed by atoms with Crippen molar-refractivity contribution in [1.82, 2.24) is 14.9 Å². The molecule has 1 N–H and O–H groups in total. The van der Waals surface area contributed by atoms with E-state index >= 15 is 0 Å². The van der Waals surface area contributed by atoms with E-state index < -0.39 is 0 Å². The van der Waals surface area contributed by atoms with E-state index in [1.165, 1.54) is 0 Å². The lowest BCUT2D eigenvalue weighted by Gasteiger charge is -2.30. The van der Waals surface area contributed by atoms with E-state index in [2.05, 4.69) is 48.8 Å². The van der Waals surface area contributed by atoms with Crippen LogP contribution in [0.5, 0.6) is 0 Å². The molecular weight excluding hydrogens is 186 g/mol. The van der Waals surface area contributed by atoms with Crippen molar-refractivity contribution >= 4 is 0 Å². The fourth-order valence-corrected chi connectivity index (χ4v) is 1.93. The summed E-state index contributed by atoms with van der Waals surface area (Å²) in [5.74, 6) is 1.04. The lowest BCUT2D eigenvalue weighted by Crippen LogP contribution is -2.37. The molecule has 0 saturated carbocycles. The molecule has 0 saturated heterocycles. The van der Waals surface area contributed by atoms with Crippen LogP contribution in [-0.4, -0.2) is 33.5 Å². The summed E-state index contributed by atoms with van der Waals surface area (Å²) in [6.45, 7) is 10.1. The minimum atomic E-state index is 0.619. The molecule has 0 spiro atoms. The largest absolute Gasteiger partial charge is 0.348 e. The Hall–Kier alpha value is -0.830. The first-order valence-corrected chi connectivity index (χ1v) is 5.77. The molecular formula is C12H22N3. The number of nitrogens with zero attached hydrogens (tertiary/aromatic N) is 2. The number of hydrogen-bond donors (Lipinski definition) is 1. The van der Waals surface area contributed by atoms with Crippen LogP contribution in [0.4, 0.5) is 0 Å². The molecule has 3 heteroatoms. The molecule has 0 fully saturated rings. The highest BCUT2D eigenvalue weighted by Crippen LogP contribution is 2.07. The summed E-state index contributed by atoms with van der Waals surface area (Å²) in [4.78, 5) is 9.69. The topological polar surface area (TPSA) is 31.9 Å². The molecule has 1 heterocycles. The van der Waals surface area contributed by atoms with Gasteiger partial charge in [-0.2, -0.15) is 0 Å². The highest BCUT2D eigenvalue weighted by molar-refractivity contribution is 4.85. The van der Waals surface area contributed by atoms with Crippen molar-refractivity contribution in [3.8, 4) is 0 Å². The zero-order valence-electron chi connectivity index (χ0n) is 10.2. The Morgan fingerprint density at radius 1 is 1.33 bits per heavy atom. The lowest BCUT2D eigenvalue weighted by molar-refractivity contribution is 0.173. The van der Waals surface area contributed by atoms with Gasteiger partial charge in [0.1, 0.15) is 12.0 Å². The molecule has 15 heavy (non-hydrogen) atoms. The molecule has 1 aromatic rings. The average molecular weight is 208 g/mol. The van der Waals surface area contributed by atoms with Gasteiger partial charge < -0.3 is 4.98 Å². The summed E-state index contributed by atoms with van der Waals surface area (Å²) >= 11 is 0. The predicted octanol–water partition coefficient (Wildman–Crippen LogP) is 2.26. The van der Waals surface area contributed by atoms with Gasteiger partial charge >= 0.3 is 0 Å². The smallest absolute Gasteiger partial charge is 0.108 e. The number of H-pyrrole nitrogens is 1. The maximum absolute atomic E-state index is 4.10. The van der Waals surface area contributed by atoms with Crippen LogP contribution in [0.1, 0.15) is 39.9 Å². The summed E-state index contributed by atoms with van der Waals surface area (Å²) < 4.78 is 0. The molecule has 0 unspecified atom stereocenters. The number of aromatic amines is 1. The zero-order chi connectivity index (χ0) is 11.3. The third-order valence-electron chi connectivity index (χ3n) is 2.66. The Balaban J connectivity index is 2.28. The molecule has 1 rings (SSSR count). The van der Waals surface area contributed by atoms with Crippen LogP contribution in [0.3, 0.4) is 0 Å². The van der Waals surface area contributed by atoms with Crippen LogP contribution in [0.25, 0.3) is 0 Å². The molecule has 0 amide bonds. The van der Waals surface area contributed by atoms with Crippen molar-refractivity contribution in [2.24, 2.45) is 0 Å². The van der Waals surface area contributed by atoms with E-state index in [0.717, 1.165) is 25.2 Å². The normalized spacial score (nSPS) is 11.9. The monoisotopic (exact) mass is 208 g/mol. The van der Waals surface area contributed by atoms with Gasteiger partial charge in [0.15, 0.2) is 0 Å². The van der Waals surface area contributed by atoms with E-state index in [0.29, 0.717) is 12.1 Å². The minimum absolute atomic E-state index is 0.619. The van der Waals surface area contributed by atoms with E-state index in [1.54, 1.807) is 6.20 Å². The molecule has 0 aromatic carbocycles. The second-order valence-corrected chi connectivity index (χ2v) is 4.51. The van der Waals surface area contributed by atoms with Crippen LogP contribution in [-0.2, 0) is 6.42 Å². The van der Waals surface area contributed by atoms with Crippen molar-refractivity contribution < 1.29 is 0 Å². The Kier molecular flexibility index (Phi) is 4.82. The maximum atomic E-state index is 4.10. The van der Waals surface area contributed by atoms with Gasteiger partial charge in [-0.3, -0.25) is 4.90 Å². The number of aromatic nitrogens is 2. The van der Waals surface area contributed by atoms with Crippen molar-refractivity contribution in [2.45, 2.75) is 52.6 Å². The van der Waals surface area contributed by atoms with Gasteiger partial charge in [0.05, 0.1) is 0 Å². The first-order chi connectivity index (χ1) is 7.11. The van der Waals surface area contributed by atoms with Crippen molar-refractivity contribution in [3.63, 3.8) is 0 Å². The van der Waals surface area contributed by atoms with E-state index in [-0.39, 0.29) is 0 Å². The number of hydrogen-bond acceptors (Lipinski definition) is 2. The number of rotatable bonds is 6. The Morgan fingerprint density at radius 2 is 2.00 bits per heavy atom. The fraction of sp³-hybridized carbons (Fsp3) is 0.750. The minimum Gasteiger partial charge on any atom is -0.348 e. The summed E-state index contributed by atoms with van der Waals surface area (Å²) in [6, 6.07) is 1.24. The molecule has 0 aliphatic carbocycles. The van der Waals surface area contributed by atoms with E-state index in [4.69, 9.17) is 0 Å². The van der Waals surface area contributed by atoms with Crippen molar-refractivity contribution in [2.75, 3.05) is 6.54 Å². The van der Waals surface area contributed by atoms with Gasteiger partial charge in [0.2, 0.25) is 0 Å². The summed E-state index contributed by atoms with van der Waals surface area (Å²) in [6.07, 6.45) is 6.72. The van der Waals surface area contributed by atoms with Crippen LogP contribution in [0, 0.1) is 6.20 Å². The highest BCUT2D eigenvalue weighted by atomic mass is 15.2. The fourth-order valence-electron chi connectivity index (χ4n) is 1.93. The second kappa shape index (κ2) is 5.91. The standard InChI is InChI=1S/C12H22N3/c1-10(2)15(11(3)4)9-5-6-12-13-7-8-14-12/h7,10-11H,5-6,9H2,1-4H3,(H,13,14). The Labute approximate surface area is 92.9 Å². The molecule has 0 aliphatic rings. The third-order valence-corrected chi connectivity index (χ3v) is 2.66. The van der Waals surface area contributed by atoms with E-state index in [9.17, 15) is 0 Å². The van der Waals surface area contributed by atoms with E-state index in [1.807, 2.05) is 0 Å². The first kappa shape index (κ1) is 12.2. The van der Waals surface area contributed by atoms with Crippen LogP contribution >= 0.6 is 0 Å². The van der Waals surface area contributed by atoms with Gasteiger partial charge in [-0.05, 0) is 40.7 Å². The maximum Gasteiger partial charge on any atom is 0.108 e. The Bertz CT molecular complexity index is 244. The summed E-state index contributed by atoms with van der Waals surface area (Å²) in [5, 5.41) is 0. The van der Waals surface area contributed by atoms with Gasteiger partial charge in [-0.25, -0.2) is 4.98 Å². The van der Waals surface area contributed by atoms with Crippen molar-refractivity contribution in [3.05, 3.63) is 18.2 Å². The third kappa shape index (κ3) is 4.04. The summed E-state index contributed by atoms with van der Waals surface area (Å²) in [5.41, 5.74) is 0. The molecule has 85 valence electrons. The highest BCUT2D eigenvalue weighted by Gasteiger charge is 2.12. The van der Waals surface area contributed by atoms with Crippen LogP contribution in [0.15, 0.2) is 6.20 Å². The van der Waals surface area contributed by atoms with Crippen LogP contribution < -0.4 is 0 Å². The van der Waals surface area contributed by atoms with Gasteiger partial charge in [-0.1, -0.05) is 0 Å². The lowest BCUT2D eigenvalue weighted by atomic mass is 10.2. The number of aryl methyl sites for hydroxylation is 1. The average Bonchev–Trinajstić information content (AvgIpc) is 2.63. The molecule has 3 nitrogen and oxygen atoms in total. The second-order valence-electron chi connectivity index (χ2n) is 4.51.